The smallest absolute Gasteiger partial charge is 1.00 e. The van der Waals surface area contributed by atoms with Crippen LogP contribution < -0.4 is 0 Å². The first-order chi connectivity index (χ1) is 1.73. The quantitative estimate of drug-likeness (QED) is 0.373. The van der Waals surface area contributed by atoms with Crippen molar-refractivity contribution in [2.24, 2.45) is 0 Å². The molecule has 4 heavy (non-hydrogen) atoms. The summed E-state index contributed by atoms with van der Waals surface area (Å²) in [6, 6.07) is 0. The molecule has 0 aromatic heterocycles. The third kappa shape index (κ3) is 14.7. The molecule has 1 heteroatoms. The van der Waals surface area contributed by atoms with Crippen LogP contribution in [-0.2, 0) is 0 Å². The Kier molecular flexibility index (Phi) is 2.42. The number of hydrogen-bond donors (Lipinski definition) is 0. The maximum atomic E-state index is 2.18. The molecule has 0 atom stereocenters. The molecule has 0 aliphatic rings. The molecule has 0 N–H and O–H groups in total. The van der Waals surface area contributed by atoms with E-state index in [-0.39, 0.29) is 1.43 Å². The van der Waals surface area contributed by atoms with Crippen LogP contribution in [0.15, 0.2) is 0 Å². The third-order valence-electron chi connectivity index (χ3n) is 0. The van der Waals surface area contributed by atoms with E-state index in [4.69, 9.17) is 0 Å². The van der Waals surface area contributed by atoms with E-state index >= 15 is 0 Å². The first-order valence-corrected chi connectivity index (χ1v) is 2.38. The second-order valence-corrected chi connectivity index (χ2v) is 3.03. The van der Waals surface area contributed by atoms with Crippen LogP contribution >= 0.6 is 0 Å². The van der Waals surface area contributed by atoms with E-state index < -0.39 is 0 Å². The molecule has 0 aliphatic heterocycles. The monoisotopic (exact) mass is 68.0 g/mol. The van der Waals surface area contributed by atoms with Crippen LogP contribution in [0.5, 0.6) is 0 Å². The molecule has 0 rings (SSSR count). The van der Waals surface area contributed by atoms with Gasteiger partial charge in [-0.15, -0.1) is 0 Å². The van der Waals surface area contributed by atoms with Gasteiger partial charge in [-0.1, -0.05) is 0 Å². The van der Waals surface area contributed by atoms with E-state index in [0.717, 1.165) is 4.05 Å². The first kappa shape index (κ1) is 4.77. The van der Waals surface area contributed by atoms with Gasteiger partial charge in [-0.05, 0) is 0 Å². The predicted molar refractivity (Wildman–Crippen MR) is 22.0 cm³/mol. The molecule has 0 aromatic carbocycles. The van der Waals surface area contributed by atoms with Crippen molar-refractivity contribution in [3.63, 3.8) is 0 Å². The molecule has 0 heterocycles. The van der Waals surface area contributed by atoms with Gasteiger partial charge in [-0.25, -0.2) is 0 Å². The molecule has 0 spiro atoms. The summed E-state index contributed by atoms with van der Waals surface area (Å²) in [4.78, 5) is 0. The summed E-state index contributed by atoms with van der Waals surface area (Å²) in [5, 5.41) is 0. The van der Waals surface area contributed by atoms with Crippen molar-refractivity contribution in [3.8, 4) is 0 Å². The van der Waals surface area contributed by atoms with Crippen LogP contribution in [0.4, 0.5) is 0 Å². The SMILES string of the molecule is C[CH](C)[Mg+].[H-]. The Bertz CT molecular complexity index is 11.6. The fraction of sp³-hybridized carbons (Fsp3) is 1.00. The van der Waals surface area contributed by atoms with Crippen LogP contribution in [-0.4, -0.2) is 21.7 Å². The molecular formula is C3H8Mg. The Balaban J connectivity index is 0. The first-order valence-electron chi connectivity index (χ1n) is 1.56. The zero-order chi connectivity index (χ0) is 3.58. The van der Waals surface area contributed by atoms with Crippen molar-refractivity contribution in [3.05, 3.63) is 0 Å². The second-order valence-electron chi connectivity index (χ2n) is 1.39. The maximum absolute atomic E-state index is 2.18. The van der Waals surface area contributed by atoms with E-state index in [2.05, 4.69) is 13.8 Å². The van der Waals surface area contributed by atoms with E-state index in [9.17, 15) is 0 Å². The summed E-state index contributed by atoms with van der Waals surface area (Å²) >= 11 is 2.00. The Morgan fingerprint density at radius 2 is 1.75 bits per heavy atom. The van der Waals surface area contributed by atoms with E-state index in [1.165, 1.54) is 0 Å². The summed E-state index contributed by atoms with van der Waals surface area (Å²) in [5.74, 6) is 0. The Hall–Kier alpha value is 0.766. The minimum Gasteiger partial charge on any atom is -1.00 e. The van der Waals surface area contributed by atoms with Gasteiger partial charge in [0.15, 0.2) is 0 Å². The van der Waals surface area contributed by atoms with Crippen LogP contribution in [0.2, 0.25) is 4.05 Å². The molecule has 0 aromatic rings. The van der Waals surface area contributed by atoms with Crippen molar-refractivity contribution < 1.29 is 1.43 Å². The minimum absolute atomic E-state index is 0. The second kappa shape index (κ2) is 2.03. The van der Waals surface area contributed by atoms with Crippen molar-refractivity contribution in [2.75, 3.05) is 0 Å². The number of hydrogen-bond acceptors (Lipinski definition) is 0. The van der Waals surface area contributed by atoms with Gasteiger partial charge < -0.3 is 1.43 Å². The molecule has 0 aliphatic carbocycles. The third-order valence-corrected chi connectivity index (χ3v) is 0. The average Bonchev–Trinajstić information content (AvgIpc) is 0.811. The van der Waals surface area contributed by atoms with Gasteiger partial charge in [-0.3, -0.25) is 0 Å². The fourth-order valence-electron chi connectivity index (χ4n) is 0. The van der Waals surface area contributed by atoms with Gasteiger partial charge in [0, 0.05) is 0 Å². The summed E-state index contributed by atoms with van der Waals surface area (Å²) in [5.41, 5.74) is 0. The zero-order valence-electron chi connectivity index (χ0n) is 4.28. The van der Waals surface area contributed by atoms with E-state index in [1.54, 1.807) is 0 Å². The molecular weight excluding hydrogens is 60.3 g/mol. The van der Waals surface area contributed by atoms with Crippen molar-refractivity contribution in [1.29, 1.82) is 0 Å². The predicted octanol–water partition coefficient (Wildman–Crippen LogP) is 1.10. The van der Waals surface area contributed by atoms with Crippen LogP contribution in [0.25, 0.3) is 0 Å². The fourth-order valence-corrected chi connectivity index (χ4v) is 0. The Morgan fingerprint density at radius 3 is 1.75 bits per heavy atom. The van der Waals surface area contributed by atoms with Crippen LogP contribution in [0.1, 0.15) is 15.3 Å². The molecule has 22 valence electrons. The Morgan fingerprint density at radius 1 is 1.75 bits per heavy atom. The van der Waals surface area contributed by atoms with Gasteiger partial charge in [0.25, 0.3) is 0 Å². The standard InChI is InChI=1S/C3H7.Mg.H/c1-3-2;;/h3H,1-2H3;;/q;+1;-1. The molecule has 0 fully saturated rings. The van der Waals surface area contributed by atoms with Gasteiger partial charge in [-0.2, -0.15) is 0 Å². The van der Waals surface area contributed by atoms with Crippen molar-refractivity contribution >= 4 is 21.7 Å². The van der Waals surface area contributed by atoms with E-state index in [1.807, 2.05) is 21.7 Å². The van der Waals surface area contributed by atoms with Gasteiger partial charge >= 0.3 is 39.6 Å². The Labute approximate surface area is 41.5 Å². The summed E-state index contributed by atoms with van der Waals surface area (Å²) < 4.78 is 0.861. The minimum atomic E-state index is 0. The van der Waals surface area contributed by atoms with Crippen LogP contribution in [0.3, 0.4) is 0 Å². The molecule has 0 nitrogen and oxygen atoms in total. The maximum Gasteiger partial charge on any atom is -1.00 e. The summed E-state index contributed by atoms with van der Waals surface area (Å²) in [6.45, 7) is 4.36. The molecule has 0 saturated carbocycles. The van der Waals surface area contributed by atoms with Gasteiger partial charge in [0.1, 0.15) is 0 Å². The summed E-state index contributed by atoms with van der Waals surface area (Å²) in [7, 11) is 0. The zero-order valence-corrected chi connectivity index (χ0v) is 4.70. The van der Waals surface area contributed by atoms with Crippen molar-refractivity contribution in [1.82, 2.24) is 0 Å². The topological polar surface area (TPSA) is 0 Å². The molecule has 0 unspecified atom stereocenters. The van der Waals surface area contributed by atoms with Crippen molar-refractivity contribution in [2.45, 2.75) is 17.9 Å². The normalized spacial score (nSPS) is 9.25. The van der Waals surface area contributed by atoms with Gasteiger partial charge in [0.2, 0.25) is 0 Å². The van der Waals surface area contributed by atoms with E-state index in [0.29, 0.717) is 0 Å². The summed E-state index contributed by atoms with van der Waals surface area (Å²) in [6.07, 6.45) is 0. The molecule has 0 saturated heterocycles. The molecule has 0 radical (unpaired) electrons. The molecule has 0 bridgehead atoms. The largest absolute Gasteiger partial charge is 1.00 e. The number of rotatable bonds is 0. The van der Waals surface area contributed by atoms with Gasteiger partial charge in [0.05, 0.1) is 0 Å². The average molecular weight is 68.4 g/mol. The molecule has 0 amide bonds. The van der Waals surface area contributed by atoms with Crippen LogP contribution in [0, 0.1) is 0 Å².